The molecule has 0 unspecified atom stereocenters. The zero-order valence-corrected chi connectivity index (χ0v) is 16.7. The van der Waals surface area contributed by atoms with Crippen LogP contribution in [-0.4, -0.2) is 28.1 Å². The highest BCUT2D eigenvalue weighted by Gasteiger charge is 2.15. The predicted molar refractivity (Wildman–Crippen MR) is 117 cm³/mol. The van der Waals surface area contributed by atoms with Gasteiger partial charge in [-0.2, -0.15) is 5.10 Å². The first-order chi connectivity index (χ1) is 14.9. The molecular weight excluding hydrogens is 420 g/mol. The van der Waals surface area contributed by atoms with Crippen LogP contribution in [0.25, 0.3) is 6.08 Å². The van der Waals surface area contributed by atoms with Crippen LogP contribution in [0.3, 0.4) is 0 Å². The van der Waals surface area contributed by atoms with Crippen LogP contribution in [0.15, 0.2) is 76.8 Å². The van der Waals surface area contributed by atoms with Crippen LogP contribution < -0.4 is 10.7 Å². The number of hydrogen-bond donors (Lipinski definition) is 3. The summed E-state index contributed by atoms with van der Waals surface area (Å²) in [6.07, 6.45) is 2.73. The summed E-state index contributed by atoms with van der Waals surface area (Å²) in [7, 11) is 0. The topological polar surface area (TPSA) is 134 Å². The summed E-state index contributed by atoms with van der Waals surface area (Å²) in [6.45, 7) is 0. The lowest BCUT2D eigenvalue weighted by atomic mass is 10.2. The van der Waals surface area contributed by atoms with E-state index in [0.717, 1.165) is 17.0 Å². The van der Waals surface area contributed by atoms with Gasteiger partial charge >= 0.3 is 5.69 Å². The Morgan fingerprint density at radius 3 is 2.52 bits per heavy atom. The van der Waals surface area contributed by atoms with E-state index in [0.29, 0.717) is 11.1 Å². The fraction of sp³-hybridized carbons (Fsp3) is 0. The highest BCUT2D eigenvalue weighted by molar-refractivity contribution is 7.10. The van der Waals surface area contributed by atoms with E-state index in [1.165, 1.54) is 29.7 Å². The number of rotatable bonds is 7. The molecule has 10 heteroatoms. The van der Waals surface area contributed by atoms with Crippen molar-refractivity contribution in [3.05, 3.63) is 97.9 Å². The van der Waals surface area contributed by atoms with Crippen molar-refractivity contribution in [1.29, 1.82) is 0 Å². The second kappa shape index (κ2) is 9.94. The minimum atomic E-state index is -0.713. The third-order valence-electron chi connectivity index (χ3n) is 3.93. The maximum absolute atomic E-state index is 12.6. The summed E-state index contributed by atoms with van der Waals surface area (Å²) in [5, 5.41) is 28.6. The molecule has 2 amide bonds. The summed E-state index contributed by atoms with van der Waals surface area (Å²) < 4.78 is 0. The number of phenols is 1. The van der Waals surface area contributed by atoms with Gasteiger partial charge in [0.15, 0.2) is 5.75 Å². The molecule has 9 nitrogen and oxygen atoms in total. The molecular formula is C21H16N4O5S. The molecule has 0 saturated heterocycles. The van der Waals surface area contributed by atoms with Crippen molar-refractivity contribution in [3.8, 4) is 5.75 Å². The largest absolute Gasteiger partial charge is 0.502 e. The molecule has 0 saturated carbocycles. The number of nitro benzene ring substituents is 1. The van der Waals surface area contributed by atoms with Crippen LogP contribution in [0.1, 0.15) is 20.8 Å². The van der Waals surface area contributed by atoms with Crippen molar-refractivity contribution in [2.75, 3.05) is 0 Å². The van der Waals surface area contributed by atoms with E-state index in [4.69, 9.17) is 0 Å². The summed E-state index contributed by atoms with van der Waals surface area (Å²) in [5.74, 6) is -1.64. The first kappa shape index (κ1) is 21.4. The Labute approximate surface area is 180 Å². The van der Waals surface area contributed by atoms with E-state index in [1.54, 1.807) is 36.4 Å². The molecule has 2 aromatic carbocycles. The predicted octanol–water partition coefficient (Wildman–Crippen LogP) is 3.28. The third-order valence-corrected chi connectivity index (χ3v) is 4.75. The van der Waals surface area contributed by atoms with Gasteiger partial charge in [-0.25, -0.2) is 5.43 Å². The first-order valence-electron chi connectivity index (χ1n) is 8.86. The average Bonchev–Trinajstić information content (AvgIpc) is 3.26. The molecule has 3 rings (SSSR count). The molecule has 0 bridgehead atoms. The summed E-state index contributed by atoms with van der Waals surface area (Å²) in [6, 6.07) is 15.7. The number of nitrogens with zero attached hydrogens (tertiary/aromatic N) is 2. The molecule has 31 heavy (non-hydrogen) atoms. The molecule has 0 aliphatic rings. The van der Waals surface area contributed by atoms with Crippen LogP contribution in [0.5, 0.6) is 5.75 Å². The molecule has 0 fully saturated rings. The first-order valence-corrected chi connectivity index (χ1v) is 9.74. The quantitative estimate of drug-likeness (QED) is 0.226. The van der Waals surface area contributed by atoms with Gasteiger partial charge in [-0.3, -0.25) is 19.7 Å². The van der Waals surface area contributed by atoms with Gasteiger partial charge in [-0.1, -0.05) is 24.3 Å². The lowest BCUT2D eigenvalue weighted by Gasteiger charge is -2.08. The maximum Gasteiger partial charge on any atom is 0.310 e. The standard InChI is InChI=1S/C21H16N4O5S/c26-19-11-14(8-9-18(19)25(29)30)13-22-24-21(28)17(12-16-7-4-10-31-16)23-20(27)15-5-2-1-3-6-15/h1-13,26H,(H,23,27)(H,24,28)/b17-12+,22-13+. The van der Waals surface area contributed by atoms with Crippen molar-refractivity contribution < 1.29 is 19.6 Å². The number of aromatic hydroxyl groups is 1. The van der Waals surface area contributed by atoms with Crippen molar-refractivity contribution in [3.63, 3.8) is 0 Å². The molecule has 1 heterocycles. The molecule has 0 aliphatic heterocycles. The normalized spacial score (nSPS) is 11.3. The zero-order chi connectivity index (χ0) is 22.2. The number of hydrogen-bond acceptors (Lipinski definition) is 7. The van der Waals surface area contributed by atoms with Crippen molar-refractivity contribution in [2.24, 2.45) is 5.10 Å². The van der Waals surface area contributed by atoms with Crippen LogP contribution >= 0.6 is 11.3 Å². The van der Waals surface area contributed by atoms with E-state index in [-0.39, 0.29) is 5.70 Å². The SMILES string of the molecule is O=C(N/N=C/c1ccc([N+](=O)[O-])c(O)c1)/C(=C\c1cccs1)NC(=O)c1ccccc1. The summed E-state index contributed by atoms with van der Waals surface area (Å²) in [4.78, 5) is 35.8. The highest BCUT2D eigenvalue weighted by atomic mass is 32.1. The van der Waals surface area contributed by atoms with Crippen molar-refractivity contribution in [1.82, 2.24) is 10.7 Å². The number of amides is 2. The van der Waals surface area contributed by atoms with Gasteiger partial charge in [-0.05, 0) is 47.4 Å². The molecule has 0 aliphatic carbocycles. The monoisotopic (exact) mass is 436 g/mol. The fourth-order valence-electron chi connectivity index (χ4n) is 2.46. The molecule has 0 spiro atoms. The summed E-state index contributed by atoms with van der Waals surface area (Å²) >= 11 is 1.39. The number of carbonyl (C=O) groups is 2. The van der Waals surface area contributed by atoms with Gasteiger partial charge in [0.1, 0.15) is 5.70 Å². The molecule has 3 aromatic rings. The molecule has 156 valence electrons. The Bertz CT molecular complexity index is 1160. The van der Waals surface area contributed by atoms with Crippen LogP contribution in [-0.2, 0) is 4.79 Å². The lowest BCUT2D eigenvalue weighted by molar-refractivity contribution is -0.385. The number of phenolic OH excluding ortho intramolecular Hbond substituents is 1. The minimum Gasteiger partial charge on any atom is -0.502 e. The van der Waals surface area contributed by atoms with E-state index in [9.17, 15) is 24.8 Å². The molecule has 0 radical (unpaired) electrons. The number of benzene rings is 2. The third kappa shape index (κ3) is 5.84. The van der Waals surface area contributed by atoms with E-state index >= 15 is 0 Å². The van der Waals surface area contributed by atoms with E-state index in [1.807, 2.05) is 11.4 Å². The smallest absolute Gasteiger partial charge is 0.310 e. The van der Waals surface area contributed by atoms with Gasteiger partial charge in [0.2, 0.25) is 0 Å². The Kier molecular flexibility index (Phi) is 6.86. The average molecular weight is 436 g/mol. The Balaban J connectivity index is 1.74. The number of nitro groups is 1. The van der Waals surface area contributed by atoms with Crippen molar-refractivity contribution in [2.45, 2.75) is 0 Å². The van der Waals surface area contributed by atoms with Gasteiger partial charge in [-0.15, -0.1) is 11.3 Å². The van der Waals surface area contributed by atoms with Gasteiger partial charge < -0.3 is 10.4 Å². The van der Waals surface area contributed by atoms with Gasteiger partial charge in [0.25, 0.3) is 11.8 Å². The Hall–Kier alpha value is -4.31. The van der Waals surface area contributed by atoms with Crippen LogP contribution in [0.2, 0.25) is 0 Å². The summed E-state index contributed by atoms with van der Waals surface area (Å²) in [5.41, 5.74) is 2.56. The maximum atomic E-state index is 12.6. The second-order valence-electron chi connectivity index (χ2n) is 6.10. The molecule has 1 aromatic heterocycles. The van der Waals surface area contributed by atoms with Crippen molar-refractivity contribution >= 4 is 41.1 Å². The zero-order valence-electron chi connectivity index (χ0n) is 15.9. The van der Waals surface area contributed by atoms with Crippen LogP contribution in [0.4, 0.5) is 5.69 Å². The number of hydrazone groups is 1. The second-order valence-corrected chi connectivity index (χ2v) is 7.08. The highest BCUT2D eigenvalue weighted by Crippen LogP contribution is 2.25. The molecule has 3 N–H and O–H groups in total. The minimum absolute atomic E-state index is 0.0139. The fourth-order valence-corrected chi connectivity index (χ4v) is 3.12. The Morgan fingerprint density at radius 2 is 1.87 bits per heavy atom. The van der Waals surface area contributed by atoms with E-state index in [2.05, 4.69) is 15.8 Å². The number of thiophene rings is 1. The van der Waals surface area contributed by atoms with Crippen LogP contribution in [0, 0.1) is 10.1 Å². The molecule has 0 atom stereocenters. The lowest BCUT2D eigenvalue weighted by Crippen LogP contribution is -2.32. The van der Waals surface area contributed by atoms with E-state index < -0.39 is 28.2 Å². The van der Waals surface area contributed by atoms with Gasteiger partial charge in [0.05, 0.1) is 11.1 Å². The number of nitrogens with one attached hydrogen (secondary N) is 2. The Morgan fingerprint density at radius 1 is 1.10 bits per heavy atom. The van der Waals surface area contributed by atoms with Gasteiger partial charge in [0, 0.05) is 16.5 Å². The number of carbonyl (C=O) groups excluding carboxylic acids is 2.